The van der Waals surface area contributed by atoms with Gasteiger partial charge in [0.05, 0.1) is 11.5 Å². The van der Waals surface area contributed by atoms with Crippen molar-refractivity contribution in [3.8, 4) is 5.75 Å². The lowest BCUT2D eigenvalue weighted by Gasteiger charge is -2.35. The van der Waals surface area contributed by atoms with Gasteiger partial charge in [0.1, 0.15) is 12.4 Å². The Balaban J connectivity index is 1.87. The quantitative estimate of drug-likeness (QED) is 0.548. The van der Waals surface area contributed by atoms with Crippen molar-refractivity contribution >= 4 is 10.0 Å². The number of nitrogens with one attached hydrogen (secondary N) is 1. The maximum atomic E-state index is 12.6. The smallest absolute Gasteiger partial charge is 0.240 e. The van der Waals surface area contributed by atoms with E-state index in [0.29, 0.717) is 38.2 Å². The van der Waals surface area contributed by atoms with E-state index in [1.807, 2.05) is 6.92 Å². The van der Waals surface area contributed by atoms with Gasteiger partial charge in [-0.05, 0) is 63.5 Å². The maximum Gasteiger partial charge on any atom is 0.240 e. The van der Waals surface area contributed by atoms with Gasteiger partial charge in [-0.3, -0.25) is 4.90 Å². The third-order valence-corrected chi connectivity index (χ3v) is 6.33. The third-order valence-electron chi connectivity index (χ3n) is 4.89. The number of hydrogen-bond donors (Lipinski definition) is 1. The molecule has 0 radical (unpaired) electrons. The summed E-state index contributed by atoms with van der Waals surface area (Å²) < 4.78 is 38.8. The molecule has 0 spiro atoms. The number of rotatable bonds is 12. The van der Waals surface area contributed by atoms with E-state index in [1.54, 1.807) is 24.3 Å². The highest BCUT2D eigenvalue weighted by atomic mass is 32.2. The van der Waals surface area contributed by atoms with Crippen LogP contribution < -0.4 is 9.46 Å². The van der Waals surface area contributed by atoms with Crippen molar-refractivity contribution in [2.24, 2.45) is 0 Å². The summed E-state index contributed by atoms with van der Waals surface area (Å²) in [5.41, 5.74) is 0. The second kappa shape index (κ2) is 11.6. The molecule has 1 N–H and O–H groups in total. The molecule has 1 unspecified atom stereocenters. The summed E-state index contributed by atoms with van der Waals surface area (Å²) in [4.78, 5) is 2.71. The Kier molecular flexibility index (Phi) is 9.54. The number of unbranched alkanes of at least 4 members (excludes halogenated alkanes) is 1. The fraction of sp³-hybridized carbons (Fsp3) is 0.700. The molecule has 1 fully saturated rings. The minimum atomic E-state index is -3.51. The van der Waals surface area contributed by atoms with Crippen LogP contribution >= 0.6 is 0 Å². The predicted octanol–water partition coefficient (Wildman–Crippen LogP) is 3.03. The van der Waals surface area contributed by atoms with E-state index in [0.717, 1.165) is 32.4 Å². The number of likely N-dealkylation sites (tertiary alicyclic amines) is 1. The van der Waals surface area contributed by atoms with Gasteiger partial charge in [0.15, 0.2) is 0 Å². The van der Waals surface area contributed by atoms with Crippen LogP contribution in [0.15, 0.2) is 29.2 Å². The van der Waals surface area contributed by atoms with Crippen LogP contribution in [0.3, 0.4) is 0 Å². The van der Waals surface area contributed by atoms with Crippen LogP contribution in [0.25, 0.3) is 0 Å². The molecule has 1 aliphatic heterocycles. The minimum Gasteiger partial charge on any atom is -0.491 e. The molecule has 1 atom stereocenters. The van der Waals surface area contributed by atoms with Gasteiger partial charge < -0.3 is 9.47 Å². The summed E-state index contributed by atoms with van der Waals surface area (Å²) in [6.45, 7) is 8.34. The predicted molar refractivity (Wildman–Crippen MR) is 108 cm³/mol. The van der Waals surface area contributed by atoms with Gasteiger partial charge in [0.2, 0.25) is 10.0 Å². The first kappa shape index (κ1) is 22.1. The molecule has 1 aromatic carbocycles. The zero-order valence-electron chi connectivity index (χ0n) is 16.7. The number of benzene rings is 1. The van der Waals surface area contributed by atoms with Gasteiger partial charge in [-0.15, -0.1) is 0 Å². The fourth-order valence-electron chi connectivity index (χ4n) is 3.31. The number of piperidine rings is 1. The number of ether oxygens (including phenoxy) is 2. The van der Waals surface area contributed by atoms with Gasteiger partial charge in [-0.1, -0.05) is 19.8 Å². The zero-order valence-corrected chi connectivity index (χ0v) is 17.5. The lowest BCUT2D eigenvalue weighted by Crippen LogP contribution is -2.46. The summed E-state index contributed by atoms with van der Waals surface area (Å²) >= 11 is 0. The Labute approximate surface area is 164 Å². The molecule has 1 saturated heterocycles. The summed E-state index contributed by atoms with van der Waals surface area (Å²) in [6.07, 6.45) is 5.75. The summed E-state index contributed by atoms with van der Waals surface area (Å²) in [5, 5.41) is 0. The highest BCUT2D eigenvalue weighted by molar-refractivity contribution is 7.89. The van der Waals surface area contributed by atoms with E-state index < -0.39 is 10.0 Å². The van der Waals surface area contributed by atoms with E-state index in [9.17, 15) is 8.42 Å². The van der Waals surface area contributed by atoms with Crippen LogP contribution in [0.2, 0.25) is 0 Å². The standard InChI is InChI=1S/C20H34N2O4S/c1-3-5-13-22-14-7-6-8-18(22)17-21-27(23,24)20-11-9-19(10-12-20)26-16-15-25-4-2/h9-12,18,21H,3-8,13-17H2,1-2H3. The van der Waals surface area contributed by atoms with Crippen LogP contribution in [-0.4, -0.2) is 58.8 Å². The highest BCUT2D eigenvalue weighted by Crippen LogP contribution is 2.19. The molecule has 154 valence electrons. The molecule has 6 nitrogen and oxygen atoms in total. The second-order valence-corrected chi connectivity index (χ2v) is 8.67. The maximum absolute atomic E-state index is 12.6. The number of hydrogen-bond acceptors (Lipinski definition) is 5. The monoisotopic (exact) mass is 398 g/mol. The van der Waals surface area contributed by atoms with Crippen molar-refractivity contribution in [2.75, 3.05) is 39.5 Å². The van der Waals surface area contributed by atoms with Crippen LogP contribution in [0.1, 0.15) is 46.0 Å². The SMILES string of the molecule is CCCCN1CCCCC1CNS(=O)(=O)c1ccc(OCCOCC)cc1. The molecular weight excluding hydrogens is 364 g/mol. The van der Waals surface area contributed by atoms with Gasteiger partial charge in [0, 0.05) is 19.2 Å². The first-order chi connectivity index (χ1) is 13.1. The van der Waals surface area contributed by atoms with Crippen LogP contribution in [0.5, 0.6) is 5.75 Å². The largest absolute Gasteiger partial charge is 0.491 e. The second-order valence-electron chi connectivity index (χ2n) is 6.91. The molecule has 0 saturated carbocycles. The first-order valence-corrected chi connectivity index (χ1v) is 11.6. The Bertz CT molecular complexity index is 634. The lowest BCUT2D eigenvalue weighted by molar-refractivity contribution is 0.110. The molecule has 0 bridgehead atoms. The van der Waals surface area contributed by atoms with Crippen molar-refractivity contribution in [3.05, 3.63) is 24.3 Å². The third kappa shape index (κ3) is 7.41. The van der Waals surface area contributed by atoms with E-state index >= 15 is 0 Å². The molecule has 27 heavy (non-hydrogen) atoms. The average molecular weight is 399 g/mol. The van der Waals surface area contributed by atoms with Crippen LogP contribution in [-0.2, 0) is 14.8 Å². The van der Waals surface area contributed by atoms with Gasteiger partial charge in [-0.25, -0.2) is 13.1 Å². The van der Waals surface area contributed by atoms with Crippen molar-refractivity contribution in [1.82, 2.24) is 9.62 Å². The molecule has 7 heteroatoms. The minimum absolute atomic E-state index is 0.274. The normalized spacial score (nSPS) is 18.5. The molecule has 1 aromatic rings. The Hall–Kier alpha value is -1.15. The number of sulfonamides is 1. The topological polar surface area (TPSA) is 67.9 Å². The Morgan fingerprint density at radius 1 is 1.15 bits per heavy atom. The van der Waals surface area contributed by atoms with Crippen molar-refractivity contribution in [2.45, 2.75) is 56.9 Å². The zero-order chi connectivity index (χ0) is 19.5. The van der Waals surface area contributed by atoms with Crippen LogP contribution in [0.4, 0.5) is 0 Å². The van der Waals surface area contributed by atoms with Crippen molar-refractivity contribution in [3.63, 3.8) is 0 Å². The van der Waals surface area contributed by atoms with Crippen LogP contribution in [0, 0.1) is 0 Å². The molecule has 0 aromatic heterocycles. The van der Waals surface area contributed by atoms with Crippen molar-refractivity contribution in [1.29, 1.82) is 0 Å². The number of nitrogens with zero attached hydrogens (tertiary/aromatic N) is 1. The van der Waals surface area contributed by atoms with E-state index in [4.69, 9.17) is 9.47 Å². The summed E-state index contributed by atoms with van der Waals surface area (Å²) in [6, 6.07) is 6.85. The Morgan fingerprint density at radius 3 is 2.63 bits per heavy atom. The van der Waals surface area contributed by atoms with E-state index in [1.165, 1.54) is 12.8 Å². The Morgan fingerprint density at radius 2 is 1.93 bits per heavy atom. The first-order valence-electron chi connectivity index (χ1n) is 10.1. The molecule has 2 rings (SSSR count). The van der Waals surface area contributed by atoms with Gasteiger partial charge >= 0.3 is 0 Å². The lowest BCUT2D eigenvalue weighted by atomic mass is 10.0. The highest BCUT2D eigenvalue weighted by Gasteiger charge is 2.24. The van der Waals surface area contributed by atoms with Crippen molar-refractivity contribution < 1.29 is 17.9 Å². The average Bonchev–Trinajstić information content (AvgIpc) is 2.69. The molecule has 0 amide bonds. The summed E-state index contributed by atoms with van der Waals surface area (Å²) in [7, 11) is -3.51. The molecule has 1 aliphatic rings. The molecule has 0 aliphatic carbocycles. The van der Waals surface area contributed by atoms with Gasteiger partial charge in [0.25, 0.3) is 0 Å². The van der Waals surface area contributed by atoms with Gasteiger partial charge in [-0.2, -0.15) is 0 Å². The van der Waals surface area contributed by atoms with E-state index in [-0.39, 0.29) is 4.90 Å². The summed E-state index contributed by atoms with van der Waals surface area (Å²) in [5.74, 6) is 0.645. The molecular formula is C20H34N2O4S. The fourth-order valence-corrected chi connectivity index (χ4v) is 4.39. The molecule has 1 heterocycles. The van der Waals surface area contributed by atoms with E-state index in [2.05, 4.69) is 16.5 Å².